The molecule has 5 heteroatoms. The predicted octanol–water partition coefficient (Wildman–Crippen LogP) is 4.50. The lowest BCUT2D eigenvalue weighted by Crippen LogP contribution is -2.22. The van der Waals surface area contributed by atoms with Crippen LogP contribution in [0.1, 0.15) is 25.3 Å². The summed E-state index contributed by atoms with van der Waals surface area (Å²) in [7, 11) is 0. The second-order valence-electron chi connectivity index (χ2n) is 7.73. The van der Waals surface area contributed by atoms with E-state index in [9.17, 15) is 4.79 Å². The van der Waals surface area contributed by atoms with Gasteiger partial charge in [-0.05, 0) is 57.1 Å². The van der Waals surface area contributed by atoms with Crippen LogP contribution in [0.5, 0.6) is 0 Å². The summed E-state index contributed by atoms with van der Waals surface area (Å²) in [5.74, 6) is -0.0786. The molecule has 0 unspecified atom stereocenters. The molecule has 5 rings (SSSR count). The number of fused-ring (bicyclic) bond motifs is 1. The van der Waals surface area contributed by atoms with E-state index in [1.165, 1.54) is 23.4 Å². The van der Waals surface area contributed by atoms with Crippen molar-refractivity contribution in [3.05, 3.63) is 71.9 Å². The normalized spacial score (nSPS) is 18.9. The molecular weight excluding hydrogens is 360 g/mol. The maximum atomic E-state index is 13.1. The fourth-order valence-electron chi connectivity index (χ4n) is 4.23. The van der Waals surface area contributed by atoms with Gasteiger partial charge in [0.25, 0.3) is 5.91 Å². The van der Waals surface area contributed by atoms with Crippen molar-refractivity contribution in [3.8, 4) is 0 Å². The smallest absolute Gasteiger partial charge is 0.280 e. The largest absolute Gasteiger partial charge is 0.333 e. The van der Waals surface area contributed by atoms with Crippen LogP contribution < -0.4 is 5.01 Å². The Kier molecular flexibility index (Phi) is 4.52. The maximum absolute atomic E-state index is 13.1. The van der Waals surface area contributed by atoms with E-state index >= 15 is 0 Å². The number of rotatable bonds is 4. The Hall–Kier alpha value is -3.18. The SMILES string of the molecule is CC1=NN(c2ccccc2)C(=O)C1=Cc1cn(CN2CCCC2)c2ccccc12. The first-order valence-electron chi connectivity index (χ1n) is 10.2. The highest BCUT2D eigenvalue weighted by Gasteiger charge is 2.29. The van der Waals surface area contributed by atoms with Gasteiger partial charge >= 0.3 is 0 Å². The number of carbonyl (C=O) groups is 1. The number of likely N-dealkylation sites (tertiary alicyclic amines) is 1. The van der Waals surface area contributed by atoms with Gasteiger partial charge in [0.1, 0.15) is 0 Å². The number of amides is 1. The van der Waals surface area contributed by atoms with Gasteiger partial charge in [-0.3, -0.25) is 9.69 Å². The van der Waals surface area contributed by atoms with E-state index in [4.69, 9.17) is 0 Å². The fraction of sp³-hybridized carbons (Fsp3) is 0.250. The molecule has 2 aromatic carbocycles. The van der Waals surface area contributed by atoms with Crippen LogP contribution in [0.4, 0.5) is 5.69 Å². The van der Waals surface area contributed by atoms with Gasteiger partial charge in [0, 0.05) is 22.7 Å². The number of nitrogens with zero attached hydrogens (tertiary/aromatic N) is 4. The van der Waals surface area contributed by atoms with E-state index in [1.807, 2.05) is 43.3 Å². The minimum absolute atomic E-state index is 0.0786. The van der Waals surface area contributed by atoms with Gasteiger partial charge < -0.3 is 4.57 Å². The van der Waals surface area contributed by atoms with Gasteiger partial charge in [0.15, 0.2) is 0 Å². The zero-order valence-corrected chi connectivity index (χ0v) is 16.6. The molecule has 0 N–H and O–H groups in total. The highest BCUT2D eigenvalue weighted by atomic mass is 16.2. The second-order valence-corrected chi connectivity index (χ2v) is 7.73. The topological polar surface area (TPSA) is 40.8 Å². The van der Waals surface area contributed by atoms with E-state index in [0.29, 0.717) is 5.57 Å². The first-order valence-corrected chi connectivity index (χ1v) is 10.2. The van der Waals surface area contributed by atoms with Gasteiger partial charge in [-0.2, -0.15) is 10.1 Å². The third kappa shape index (κ3) is 3.28. The van der Waals surface area contributed by atoms with Gasteiger partial charge in [-0.1, -0.05) is 36.4 Å². The Labute approximate surface area is 170 Å². The predicted molar refractivity (Wildman–Crippen MR) is 118 cm³/mol. The van der Waals surface area contributed by atoms with E-state index in [0.717, 1.165) is 42.1 Å². The van der Waals surface area contributed by atoms with Crippen LogP contribution in [-0.2, 0) is 11.5 Å². The summed E-state index contributed by atoms with van der Waals surface area (Å²) < 4.78 is 2.30. The number of hydrazone groups is 1. The van der Waals surface area contributed by atoms with Crippen molar-refractivity contribution < 1.29 is 4.79 Å². The Balaban J connectivity index is 1.52. The number of hydrogen-bond donors (Lipinski definition) is 0. The molecule has 2 aliphatic rings. The Morgan fingerprint density at radius 1 is 1.00 bits per heavy atom. The average Bonchev–Trinajstić information content (AvgIpc) is 3.45. The van der Waals surface area contributed by atoms with Gasteiger partial charge in [-0.25, -0.2) is 0 Å². The molecule has 1 amide bonds. The third-order valence-electron chi connectivity index (χ3n) is 5.73. The summed E-state index contributed by atoms with van der Waals surface area (Å²) in [4.78, 5) is 15.6. The van der Waals surface area contributed by atoms with Crippen molar-refractivity contribution in [3.63, 3.8) is 0 Å². The van der Waals surface area contributed by atoms with E-state index < -0.39 is 0 Å². The Morgan fingerprint density at radius 2 is 1.72 bits per heavy atom. The van der Waals surface area contributed by atoms with Crippen molar-refractivity contribution in [2.75, 3.05) is 18.1 Å². The molecule has 0 radical (unpaired) electrons. The first-order chi connectivity index (χ1) is 14.2. The summed E-state index contributed by atoms with van der Waals surface area (Å²) >= 11 is 0. The molecule has 1 saturated heterocycles. The number of benzene rings is 2. The highest BCUT2D eigenvalue weighted by Crippen LogP contribution is 2.28. The van der Waals surface area contributed by atoms with Crippen LogP contribution in [0.3, 0.4) is 0 Å². The van der Waals surface area contributed by atoms with E-state index in [2.05, 4.69) is 45.0 Å². The molecule has 0 atom stereocenters. The molecule has 1 fully saturated rings. The molecule has 1 aromatic heterocycles. The molecule has 3 aromatic rings. The summed E-state index contributed by atoms with van der Waals surface area (Å²) in [5.41, 5.74) is 4.45. The number of aromatic nitrogens is 1. The minimum Gasteiger partial charge on any atom is -0.333 e. The van der Waals surface area contributed by atoms with Crippen molar-refractivity contribution in [1.82, 2.24) is 9.47 Å². The van der Waals surface area contributed by atoms with Gasteiger partial charge in [-0.15, -0.1) is 0 Å². The van der Waals surface area contributed by atoms with Crippen LogP contribution in [-0.4, -0.2) is 34.2 Å². The van der Waals surface area contributed by atoms with Gasteiger partial charge in [0.2, 0.25) is 0 Å². The molecule has 0 spiro atoms. The zero-order chi connectivity index (χ0) is 19.8. The Bertz CT molecular complexity index is 1120. The number of carbonyl (C=O) groups excluding carboxylic acids is 1. The molecule has 2 aliphatic heterocycles. The van der Waals surface area contributed by atoms with Crippen molar-refractivity contribution in [2.45, 2.75) is 26.4 Å². The van der Waals surface area contributed by atoms with E-state index in [1.54, 1.807) is 0 Å². The van der Waals surface area contributed by atoms with Crippen molar-refractivity contribution >= 4 is 34.3 Å². The highest BCUT2D eigenvalue weighted by molar-refractivity contribution is 6.32. The maximum Gasteiger partial charge on any atom is 0.280 e. The summed E-state index contributed by atoms with van der Waals surface area (Å²) in [5, 5.41) is 7.16. The van der Waals surface area contributed by atoms with Crippen LogP contribution in [0.25, 0.3) is 17.0 Å². The first kappa shape index (κ1) is 17.9. The monoisotopic (exact) mass is 384 g/mol. The molecule has 0 bridgehead atoms. The molecule has 3 heterocycles. The third-order valence-corrected chi connectivity index (χ3v) is 5.73. The zero-order valence-electron chi connectivity index (χ0n) is 16.6. The molecule has 5 nitrogen and oxygen atoms in total. The lowest BCUT2D eigenvalue weighted by Gasteiger charge is -2.16. The molecular formula is C24H24N4O. The standard InChI is InChI=1S/C24H24N4O/c1-18-22(24(29)28(25-18)20-9-3-2-4-10-20)15-19-16-27(17-26-13-7-8-14-26)23-12-6-5-11-21(19)23/h2-6,9-12,15-16H,7-8,13-14,17H2,1H3. The number of para-hydroxylation sites is 2. The second kappa shape index (κ2) is 7.33. The van der Waals surface area contributed by atoms with Crippen molar-refractivity contribution in [2.24, 2.45) is 5.10 Å². The lowest BCUT2D eigenvalue weighted by atomic mass is 10.1. The Morgan fingerprint density at radius 3 is 2.52 bits per heavy atom. The van der Waals surface area contributed by atoms with Crippen LogP contribution >= 0.6 is 0 Å². The minimum atomic E-state index is -0.0786. The summed E-state index contributed by atoms with van der Waals surface area (Å²) in [6, 6.07) is 18.0. The quantitative estimate of drug-likeness (QED) is 0.622. The van der Waals surface area contributed by atoms with Crippen LogP contribution in [0.15, 0.2) is 71.5 Å². The molecule has 0 saturated carbocycles. The fourth-order valence-corrected chi connectivity index (χ4v) is 4.23. The molecule has 29 heavy (non-hydrogen) atoms. The average molecular weight is 384 g/mol. The number of anilines is 1. The molecule has 146 valence electrons. The summed E-state index contributed by atoms with van der Waals surface area (Å²) in [6.45, 7) is 5.09. The van der Waals surface area contributed by atoms with Crippen molar-refractivity contribution in [1.29, 1.82) is 0 Å². The molecule has 0 aliphatic carbocycles. The number of hydrogen-bond acceptors (Lipinski definition) is 3. The lowest BCUT2D eigenvalue weighted by molar-refractivity contribution is -0.114. The van der Waals surface area contributed by atoms with Crippen LogP contribution in [0.2, 0.25) is 0 Å². The van der Waals surface area contributed by atoms with Gasteiger partial charge in [0.05, 0.1) is 23.6 Å². The summed E-state index contributed by atoms with van der Waals surface area (Å²) in [6.07, 6.45) is 6.71. The van der Waals surface area contributed by atoms with Crippen LogP contribution in [0, 0.1) is 0 Å². The van der Waals surface area contributed by atoms with E-state index in [-0.39, 0.29) is 5.91 Å².